The predicted molar refractivity (Wildman–Crippen MR) is 92.6 cm³/mol. The molecule has 2 N–H and O–H groups in total. The van der Waals surface area contributed by atoms with Crippen molar-refractivity contribution in [1.82, 2.24) is 4.90 Å². The summed E-state index contributed by atoms with van der Waals surface area (Å²) in [4.78, 5) is 26.0. The molecule has 0 spiro atoms. The number of likely N-dealkylation sites (tertiary alicyclic amines) is 1. The lowest BCUT2D eigenvalue weighted by atomic mass is 9.81. The van der Waals surface area contributed by atoms with E-state index in [1.54, 1.807) is 4.90 Å². The number of ether oxygens (including phenoxy) is 1. The molecular formula is C19H23FN2O4. The highest BCUT2D eigenvalue weighted by Gasteiger charge is 2.55. The summed E-state index contributed by atoms with van der Waals surface area (Å²) in [6.07, 6.45) is 4.57. The van der Waals surface area contributed by atoms with Crippen LogP contribution in [0.4, 0.5) is 14.9 Å². The Morgan fingerprint density at radius 2 is 2.15 bits per heavy atom. The number of carbonyl (C=O) groups excluding carboxylic acids is 1. The molecule has 2 aliphatic carbocycles. The number of halogens is 1. The van der Waals surface area contributed by atoms with Crippen molar-refractivity contribution in [3.63, 3.8) is 0 Å². The maximum Gasteiger partial charge on any atom is 0.321 e. The number of nitrogens with one attached hydrogen (secondary N) is 1. The second-order valence-corrected chi connectivity index (χ2v) is 7.76. The highest BCUT2D eigenvalue weighted by molar-refractivity contribution is 5.92. The summed E-state index contributed by atoms with van der Waals surface area (Å²) < 4.78 is 19.2. The minimum absolute atomic E-state index is 0.00422. The summed E-state index contributed by atoms with van der Waals surface area (Å²) in [5.74, 6) is -0.405. The fourth-order valence-corrected chi connectivity index (χ4v) is 4.20. The van der Waals surface area contributed by atoms with Gasteiger partial charge in [0.2, 0.25) is 0 Å². The van der Waals surface area contributed by atoms with Gasteiger partial charge in [-0.3, -0.25) is 4.79 Å². The first-order chi connectivity index (χ1) is 12.5. The molecule has 0 bridgehead atoms. The van der Waals surface area contributed by atoms with Crippen LogP contribution in [0.5, 0.6) is 5.75 Å². The standard InChI is InChI=1S/C19H23FN2O4/c20-14-5-6-15(16(8-14)26-10-12-3-4-12)21-18(25)22-9-13-2-1-7-19(13,11-22)17(23)24/h5-6,8,12-13H,1-4,7,9-11H2,(H,21,25)(H,23,24)/t13-,19+/m0/s1. The molecule has 1 aliphatic heterocycles. The van der Waals surface area contributed by atoms with E-state index in [1.807, 2.05) is 0 Å². The minimum Gasteiger partial charge on any atom is -0.491 e. The van der Waals surface area contributed by atoms with Gasteiger partial charge < -0.3 is 20.1 Å². The number of amides is 2. The smallest absolute Gasteiger partial charge is 0.321 e. The van der Waals surface area contributed by atoms with Crippen LogP contribution in [0.2, 0.25) is 0 Å². The normalized spacial score (nSPS) is 27.3. The van der Waals surface area contributed by atoms with Gasteiger partial charge in [-0.05, 0) is 49.7 Å². The Bertz CT molecular complexity index is 736. The van der Waals surface area contributed by atoms with Gasteiger partial charge in [-0.2, -0.15) is 0 Å². The lowest BCUT2D eigenvalue weighted by Crippen LogP contribution is -2.38. The fourth-order valence-electron chi connectivity index (χ4n) is 4.20. The van der Waals surface area contributed by atoms with Gasteiger partial charge in [0.1, 0.15) is 11.6 Å². The number of anilines is 1. The number of carboxylic acid groups (broad SMARTS) is 1. The molecule has 3 fully saturated rings. The topological polar surface area (TPSA) is 78.9 Å². The van der Waals surface area contributed by atoms with Gasteiger partial charge in [0.15, 0.2) is 0 Å². The summed E-state index contributed by atoms with van der Waals surface area (Å²) in [7, 11) is 0. The Morgan fingerprint density at radius 1 is 1.35 bits per heavy atom. The molecule has 1 aromatic rings. The van der Waals surface area contributed by atoms with Crippen molar-refractivity contribution in [2.45, 2.75) is 32.1 Å². The van der Waals surface area contributed by atoms with Crippen LogP contribution < -0.4 is 10.1 Å². The average Bonchev–Trinajstić information content (AvgIpc) is 3.21. The number of carbonyl (C=O) groups is 2. The quantitative estimate of drug-likeness (QED) is 0.842. The fraction of sp³-hybridized carbons (Fsp3) is 0.579. The molecule has 0 radical (unpaired) electrons. The molecular weight excluding hydrogens is 339 g/mol. The molecule has 0 aromatic heterocycles. The van der Waals surface area contributed by atoms with Crippen LogP contribution in [0.3, 0.4) is 0 Å². The molecule has 3 aliphatic rings. The van der Waals surface area contributed by atoms with Gasteiger partial charge in [-0.25, -0.2) is 9.18 Å². The maximum absolute atomic E-state index is 13.6. The van der Waals surface area contributed by atoms with Crippen LogP contribution in [0.1, 0.15) is 32.1 Å². The molecule has 6 nitrogen and oxygen atoms in total. The molecule has 1 heterocycles. The second kappa shape index (κ2) is 6.45. The van der Waals surface area contributed by atoms with E-state index in [0.717, 1.165) is 25.7 Å². The van der Waals surface area contributed by atoms with Crippen molar-refractivity contribution >= 4 is 17.7 Å². The van der Waals surface area contributed by atoms with E-state index in [1.165, 1.54) is 18.2 Å². The van der Waals surface area contributed by atoms with Crippen LogP contribution in [-0.2, 0) is 4.79 Å². The number of aliphatic carboxylic acids is 1. The number of hydrogen-bond donors (Lipinski definition) is 2. The molecule has 7 heteroatoms. The van der Waals surface area contributed by atoms with Crippen molar-refractivity contribution in [1.29, 1.82) is 0 Å². The Morgan fingerprint density at radius 3 is 2.85 bits per heavy atom. The third-order valence-corrected chi connectivity index (χ3v) is 5.94. The third kappa shape index (κ3) is 3.10. The van der Waals surface area contributed by atoms with E-state index in [-0.39, 0.29) is 18.5 Å². The van der Waals surface area contributed by atoms with Gasteiger partial charge in [0, 0.05) is 19.2 Å². The highest BCUT2D eigenvalue weighted by Crippen LogP contribution is 2.49. The van der Waals surface area contributed by atoms with Gasteiger partial charge in [0.05, 0.1) is 17.7 Å². The van der Waals surface area contributed by atoms with Crippen molar-refractivity contribution < 1.29 is 23.8 Å². The van der Waals surface area contributed by atoms with Gasteiger partial charge in [-0.1, -0.05) is 6.42 Å². The van der Waals surface area contributed by atoms with E-state index in [4.69, 9.17) is 4.74 Å². The van der Waals surface area contributed by atoms with Crippen molar-refractivity contribution in [2.24, 2.45) is 17.3 Å². The van der Waals surface area contributed by atoms with Crippen LogP contribution in [0.25, 0.3) is 0 Å². The molecule has 0 unspecified atom stereocenters. The molecule has 26 heavy (non-hydrogen) atoms. The first kappa shape index (κ1) is 17.1. The van der Waals surface area contributed by atoms with Crippen LogP contribution in [-0.4, -0.2) is 41.7 Å². The molecule has 2 atom stereocenters. The number of nitrogens with zero attached hydrogens (tertiary/aromatic N) is 1. The first-order valence-corrected chi connectivity index (χ1v) is 9.19. The average molecular weight is 362 g/mol. The summed E-state index contributed by atoms with van der Waals surface area (Å²) >= 11 is 0. The number of carboxylic acids is 1. The van der Waals surface area contributed by atoms with E-state index in [2.05, 4.69) is 5.32 Å². The van der Waals surface area contributed by atoms with E-state index in [9.17, 15) is 19.1 Å². The number of rotatable bonds is 5. The summed E-state index contributed by atoms with van der Waals surface area (Å²) in [5.41, 5.74) is -0.399. The number of hydrogen-bond acceptors (Lipinski definition) is 3. The zero-order valence-electron chi connectivity index (χ0n) is 14.5. The zero-order valence-corrected chi connectivity index (χ0v) is 14.5. The van der Waals surface area contributed by atoms with Crippen LogP contribution in [0, 0.1) is 23.1 Å². The monoisotopic (exact) mass is 362 g/mol. The Labute approximate surface area is 151 Å². The SMILES string of the molecule is O=C(Nc1ccc(F)cc1OCC1CC1)N1C[C@@H]2CCC[C@@]2(C(=O)O)C1. The maximum atomic E-state index is 13.6. The Kier molecular flexibility index (Phi) is 4.25. The van der Waals surface area contributed by atoms with Crippen molar-refractivity contribution in [3.8, 4) is 5.75 Å². The molecule has 1 saturated heterocycles. The zero-order chi connectivity index (χ0) is 18.3. The lowest BCUT2D eigenvalue weighted by Gasteiger charge is -2.23. The molecule has 4 rings (SSSR count). The Hall–Kier alpha value is -2.31. The van der Waals surface area contributed by atoms with Crippen LogP contribution >= 0.6 is 0 Å². The number of fused-ring (bicyclic) bond motifs is 1. The molecule has 140 valence electrons. The highest BCUT2D eigenvalue weighted by atomic mass is 19.1. The minimum atomic E-state index is -0.814. The van der Waals surface area contributed by atoms with E-state index < -0.39 is 17.2 Å². The van der Waals surface area contributed by atoms with Crippen molar-refractivity contribution in [3.05, 3.63) is 24.0 Å². The number of benzene rings is 1. The summed E-state index contributed by atoms with van der Waals surface area (Å²) in [5, 5.41) is 12.4. The Balaban J connectivity index is 1.46. The van der Waals surface area contributed by atoms with E-state index in [0.29, 0.717) is 36.9 Å². The van der Waals surface area contributed by atoms with Crippen LogP contribution in [0.15, 0.2) is 18.2 Å². The largest absolute Gasteiger partial charge is 0.491 e. The molecule has 1 aromatic carbocycles. The van der Waals surface area contributed by atoms with Crippen molar-refractivity contribution in [2.75, 3.05) is 25.0 Å². The van der Waals surface area contributed by atoms with Gasteiger partial charge in [0.25, 0.3) is 0 Å². The van der Waals surface area contributed by atoms with Gasteiger partial charge >= 0.3 is 12.0 Å². The summed E-state index contributed by atoms with van der Waals surface area (Å²) in [6, 6.07) is 3.68. The number of urea groups is 1. The first-order valence-electron chi connectivity index (χ1n) is 9.19. The van der Waals surface area contributed by atoms with Gasteiger partial charge in [-0.15, -0.1) is 0 Å². The second-order valence-electron chi connectivity index (χ2n) is 7.76. The third-order valence-electron chi connectivity index (χ3n) is 5.94. The molecule has 2 saturated carbocycles. The predicted octanol–water partition coefficient (Wildman–Crippen LogP) is 3.33. The lowest BCUT2D eigenvalue weighted by molar-refractivity contribution is -0.149. The molecule has 2 amide bonds. The van der Waals surface area contributed by atoms with E-state index >= 15 is 0 Å². The summed E-state index contributed by atoms with van der Waals surface area (Å²) in [6.45, 7) is 1.18.